The lowest BCUT2D eigenvalue weighted by Gasteiger charge is -2.29. The molecular formula is C16H25FN2O. The fraction of sp³-hybridized carbons (Fsp3) is 0.625. The summed E-state index contributed by atoms with van der Waals surface area (Å²) in [7, 11) is 0. The molecule has 0 aromatic heterocycles. The van der Waals surface area contributed by atoms with E-state index in [1.54, 1.807) is 12.1 Å². The van der Waals surface area contributed by atoms with Gasteiger partial charge in [-0.05, 0) is 25.3 Å². The zero-order chi connectivity index (χ0) is 14.4. The number of hydrogen-bond acceptors (Lipinski definition) is 3. The van der Waals surface area contributed by atoms with E-state index in [0.29, 0.717) is 18.2 Å². The fourth-order valence-corrected chi connectivity index (χ4v) is 3.11. The minimum atomic E-state index is -0.279. The molecule has 1 unspecified atom stereocenters. The van der Waals surface area contributed by atoms with Crippen molar-refractivity contribution < 1.29 is 9.50 Å². The number of nitrogens with zero attached hydrogens (tertiary/aromatic N) is 1. The Morgan fingerprint density at radius 2 is 1.95 bits per heavy atom. The third-order valence-corrected chi connectivity index (χ3v) is 4.26. The molecule has 3 nitrogen and oxygen atoms in total. The molecule has 1 fully saturated rings. The van der Waals surface area contributed by atoms with Gasteiger partial charge >= 0.3 is 0 Å². The summed E-state index contributed by atoms with van der Waals surface area (Å²) < 4.78 is 13.7. The molecule has 1 saturated carbocycles. The summed E-state index contributed by atoms with van der Waals surface area (Å²) in [6.07, 6.45) is 5.67. The van der Waals surface area contributed by atoms with Crippen molar-refractivity contribution in [3.05, 3.63) is 35.6 Å². The first kappa shape index (κ1) is 15.4. The Bertz CT molecular complexity index is 407. The smallest absolute Gasteiger partial charge is 0.127 e. The van der Waals surface area contributed by atoms with Crippen LogP contribution in [0.15, 0.2) is 24.3 Å². The maximum absolute atomic E-state index is 13.7. The first-order valence-electron chi connectivity index (χ1n) is 7.57. The predicted octanol–water partition coefficient (Wildman–Crippen LogP) is 2.45. The Morgan fingerprint density at radius 3 is 2.60 bits per heavy atom. The zero-order valence-corrected chi connectivity index (χ0v) is 12.0. The van der Waals surface area contributed by atoms with E-state index in [1.807, 2.05) is 6.07 Å². The van der Waals surface area contributed by atoms with Crippen LogP contribution in [-0.4, -0.2) is 35.7 Å². The first-order valence-corrected chi connectivity index (χ1v) is 7.57. The topological polar surface area (TPSA) is 49.5 Å². The van der Waals surface area contributed by atoms with Crippen molar-refractivity contribution in [3.8, 4) is 0 Å². The third kappa shape index (κ3) is 4.01. The highest BCUT2D eigenvalue weighted by Gasteiger charge is 2.22. The Kier molecular flexibility index (Phi) is 5.95. The standard InChI is InChI=1S/C16H25FN2O/c17-15-8-4-3-7-14(15)16(18)9-10-19(11-12-20)13-5-1-2-6-13/h3-4,7-8,13,16,20H,1-2,5-6,9-12,18H2. The van der Waals surface area contributed by atoms with Crippen LogP contribution in [0.2, 0.25) is 0 Å². The molecule has 0 heterocycles. The van der Waals surface area contributed by atoms with E-state index >= 15 is 0 Å². The van der Waals surface area contributed by atoms with Crippen LogP contribution in [0.4, 0.5) is 4.39 Å². The van der Waals surface area contributed by atoms with Crippen LogP contribution >= 0.6 is 0 Å². The van der Waals surface area contributed by atoms with Crippen molar-refractivity contribution in [2.45, 2.75) is 44.2 Å². The van der Waals surface area contributed by atoms with Gasteiger partial charge in [0.2, 0.25) is 0 Å². The second-order valence-corrected chi connectivity index (χ2v) is 5.61. The van der Waals surface area contributed by atoms with Gasteiger partial charge in [-0.1, -0.05) is 31.0 Å². The van der Waals surface area contributed by atoms with Crippen LogP contribution in [0, 0.1) is 5.82 Å². The highest BCUT2D eigenvalue weighted by Crippen LogP contribution is 2.25. The number of aliphatic hydroxyl groups excluding tert-OH is 1. The molecule has 3 N–H and O–H groups in total. The van der Waals surface area contributed by atoms with Crippen molar-refractivity contribution >= 4 is 0 Å². The largest absolute Gasteiger partial charge is 0.395 e. The number of rotatable bonds is 7. The van der Waals surface area contributed by atoms with Gasteiger partial charge in [0, 0.05) is 30.7 Å². The van der Waals surface area contributed by atoms with Crippen LogP contribution < -0.4 is 5.73 Å². The lowest BCUT2D eigenvalue weighted by Crippen LogP contribution is -2.37. The molecule has 0 bridgehead atoms. The van der Waals surface area contributed by atoms with Gasteiger partial charge in [-0.2, -0.15) is 0 Å². The molecule has 1 aromatic rings. The Labute approximate surface area is 120 Å². The fourth-order valence-electron chi connectivity index (χ4n) is 3.11. The summed E-state index contributed by atoms with van der Waals surface area (Å²) in [5, 5.41) is 9.19. The molecule has 4 heteroatoms. The molecule has 1 atom stereocenters. The van der Waals surface area contributed by atoms with Crippen molar-refractivity contribution in [3.63, 3.8) is 0 Å². The molecule has 1 aliphatic rings. The number of nitrogens with two attached hydrogens (primary N) is 1. The highest BCUT2D eigenvalue weighted by atomic mass is 19.1. The lowest BCUT2D eigenvalue weighted by atomic mass is 10.0. The molecule has 0 radical (unpaired) electrons. The van der Waals surface area contributed by atoms with Gasteiger partial charge in [-0.25, -0.2) is 4.39 Å². The van der Waals surface area contributed by atoms with Gasteiger partial charge in [-0.15, -0.1) is 0 Å². The maximum Gasteiger partial charge on any atom is 0.127 e. The first-order chi connectivity index (χ1) is 9.72. The SMILES string of the molecule is NC(CCN(CCO)C1CCCC1)c1ccccc1F. The number of aliphatic hydroxyl groups is 1. The quantitative estimate of drug-likeness (QED) is 0.806. The van der Waals surface area contributed by atoms with E-state index in [9.17, 15) is 9.50 Å². The van der Waals surface area contributed by atoms with E-state index in [4.69, 9.17) is 5.73 Å². The molecule has 20 heavy (non-hydrogen) atoms. The second-order valence-electron chi connectivity index (χ2n) is 5.61. The minimum absolute atomic E-state index is 0.172. The summed E-state index contributed by atoms with van der Waals surface area (Å²) >= 11 is 0. The maximum atomic E-state index is 13.7. The summed E-state index contributed by atoms with van der Waals surface area (Å²) in [5.41, 5.74) is 6.70. The van der Waals surface area contributed by atoms with Crippen LogP contribution in [0.25, 0.3) is 0 Å². The molecular weight excluding hydrogens is 255 g/mol. The monoisotopic (exact) mass is 280 g/mol. The van der Waals surface area contributed by atoms with Gasteiger partial charge in [0.15, 0.2) is 0 Å². The van der Waals surface area contributed by atoms with Crippen molar-refractivity contribution in [1.82, 2.24) is 4.90 Å². The van der Waals surface area contributed by atoms with Crippen LogP contribution in [0.5, 0.6) is 0 Å². The van der Waals surface area contributed by atoms with Crippen molar-refractivity contribution in [2.24, 2.45) is 5.73 Å². The minimum Gasteiger partial charge on any atom is -0.395 e. The van der Waals surface area contributed by atoms with Crippen LogP contribution in [-0.2, 0) is 0 Å². The second kappa shape index (κ2) is 7.72. The Hall–Kier alpha value is -0.970. The highest BCUT2D eigenvalue weighted by molar-refractivity contribution is 5.20. The number of halogens is 1. The molecule has 112 valence electrons. The molecule has 2 rings (SSSR count). The molecule has 0 aliphatic heterocycles. The van der Waals surface area contributed by atoms with E-state index < -0.39 is 0 Å². The Morgan fingerprint density at radius 1 is 1.25 bits per heavy atom. The van der Waals surface area contributed by atoms with Gasteiger partial charge in [-0.3, -0.25) is 4.90 Å². The van der Waals surface area contributed by atoms with E-state index in [2.05, 4.69) is 4.90 Å². The van der Waals surface area contributed by atoms with Gasteiger partial charge in [0.1, 0.15) is 5.82 Å². The average molecular weight is 280 g/mol. The number of benzene rings is 1. The zero-order valence-electron chi connectivity index (χ0n) is 12.0. The molecule has 1 aliphatic carbocycles. The van der Waals surface area contributed by atoms with E-state index in [-0.39, 0.29) is 18.5 Å². The van der Waals surface area contributed by atoms with Gasteiger partial charge < -0.3 is 10.8 Å². The average Bonchev–Trinajstić information content (AvgIpc) is 2.97. The van der Waals surface area contributed by atoms with E-state index in [1.165, 1.54) is 31.7 Å². The number of hydrogen-bond donors (Lipinski definition) is 2. The summed E-state index contributed by atoms with van der Waals surface area (Å²) in [4.78, 5) is 2.31. The molecule has 0 spiro atoms. The third-order valence-electron chi connectivity index (χ3n) is 4.26. The summed E-state index contributed by atoms with van der Waals surface area (Å²) in [6, 6.07) is 7.00. The molecule has 1 aromatic carbocycles. The summed E-state index contributed by atoms with van der Waals surface area (Å²) in [6.45, 7) is 1.68. The lowest BCUT2D eigenvalue weighted by molar-refractivity contribution is 0.147. The van der Waals surface area contributed by atoms with Crippen molar-refractivity contribution in [1.29, 1.82) is 0 Å². The van der Waals surface area contributed by atoms with Gasteiger partial charge in [0.25, 0.3) is 0 Å². The van der Waals surface area contributed by atoms with Gasteiger partial charge in [0.05, 0.1) is 6.61 Å². The van der Waals surface area contributed by atoms with Crippen molar-refractivity contribution in [2.75, 3.05) is 19.7 Å². The Balaban J connectivity index is 1.89. The van der Waals surface area contributed by atoms with Crippen LogP contribution in [0.3, 0.4) is 0 Å². The molecule has 0 saturated heterocycles. The van der Waals surface area contributed by atoms with E-state index in [0.717, 1.165) is 13.0 Å². The predicted molar refractivity (Wildman–Crippen MR) is 78.9 cm³/mol. The van der Waals surface area contributed by atoms with Crippen LogP contribution in [0.1, 0.15) is 43.7 Å². The summed E-state index contributed by atoms with van der Waals surface area (Å²) in [5.74, 6) is -0.227. The normalized spacial score (nSPS) is 17.8. The molecule has 0 amide bonds.